The van der Waals surface area contributed by atoms with Gasteiger partial charge in [0.05, 0.1) is 5.56 Å². The predicted molar refractivity (Wildman–Crippen MR) is 84.9 cm³/mol. The van der Waals surface area contributed by atoms with E-state index in [1.165, 1.54) is 0 Å². The zero-order valence-corrected chi connectivity index (χ0v) is 12.5. The van der Waals surface area contributed by atoms with Crippen LogP contribution in [0, 0.1) is 5.41 Å². The first-order valence-electron chi connectivity index (χ1n) is 7.15. The van der Waals surface area contributed by atoms with Crippen molar-refractivity contribution in [3.8, 4) is 0 Å². The zero-order valence-electron chi connectivity index (χ0n) is 12.5. The van der Waals surface area contributed by atoms with Gasteiger partial charge in [0, 0.05) is 22.4 Å². The van der Waals surface area contributed by atoms with Crippen LogP contribution >= 0.6 is 0 Å². The molecule has 0 bridgehead atoms. The molecule has 0 atom stereocenters. The minimum atomic E-state index is -0.954. The monoisotopic (exact) mass is 295 g/mol. The standard InChI is InChI=1S/C18H17NO3/c1-18(2)10-12-9-14(6-7-15(12)16(18)20)19-13-5-3-4-11(8-13)17(21)22/h3-9,19H,10H2,1-2H3,(H,21,22). The SMILES string of the molecule is CC1(C)Cc2cc(Nc3cccc(C(=O)O)c3)ccc2C1=O. The van der Waals surface area contributed by atoms with Gasteiger partial charge in [-0.25, -0.2) is 4.79 Å². The van der Waals surface area contributed by atoms with Crippen molar-refractivity contribution in [1.82, 2.24) is 0 Å². The first-order chi connectivity index (χ1) is 10.4. The predicted octanol–water partition coefficient (Wildman–Crippen LogP) is 3.89. The van der Waals surface area contributed by atoms with Gasteiger partial charge in [-0.2, -0.15) is 0 Å². The number of carboxylic acids is 1. The number of ketones is 1. The van der Waals surface area contributed by atoms with Gasteiger partial charge in [-0.05, 0) is 48.4 Å². The van der Waals surface area contributed by atoms with E-state index in [4.69, 9.17) is 5.11 Å². The highest BCUT2D eigenvalue weighted by Crippen LogP contribution is 2.37. The molecule has 112 valence electrons. The number of carbonyl (C=O) groups is 2. The van der Waals surface area contributed by atoms with E-state index in [0.29, 0.717) is 5.69 Å². The zero-order chi connectivity index (χ0) is 15.9. The fraction of sp³-hybridized carbons (Fsp3) is 0.222. The Kier molecular flexibility index (Phi) is 3.24. The van der Waals surface area contributed by atoms with Gasteiger partial charge in [0.15, 0.2) is 5.78 Å². The molecule has 0 saturated heterocycles. The van der Waals surface area contributed by atoms with E-state index in [1.807, 2.05) is 38.1 Å². The number of hydrogen-bond acceptors (Lipinski definition) is 3. The summed E-state index contributed by atoms with van der Waals surface area (Å²) in [6.45, 7) is 3.91. The third-order valence-corrected chi connectivity index (χ3v) is 4.00. The lowest BCUT2D eigenvalue weighted by Gasteiger charge is -2.13. The Balaban J connectivity index is 1.88. The number of aromatic carboxylic acids is 1. The van der Waals surface area contributed by atoms with Crippen LogP contribution in [0.4, 0.5) is 11.4 Å². The van der Waals surface area contributed by atoms with Crippen LogP contribution in [0.5, 0.6) is 0 Å². The Labute approximate surface area is 128 Å². The molecular weight excluding hydrogens is 278 g/mol. The molecule has 1 aliphatic carbocycles. The van der Waals surface area contributed by atoms with Gasteiger partial charge < -0.3 is 10.4 Å². The Hall–Kier alpha value is -2.62. The summed E-state index contributed by atoms with van der Waals surface area (Å²) in [7, 11) is 0. The maximum absolute atomic E-state index is 12.2. The first kappa shape index (κ1) is 14.3. The van der Waals surface area contributed by atoms with Gasteiger partial charge in [0.25, 0.3) is 0 Å². The Morgan fingerprint density at radius 3 is 2.59 bits per heavy atom. The van der Waals surface area contributed by atoms with E-state index < -0.39 is 5.97 Å². The molecule has 0 radical (unpaired) electrons. The highest BCUT2D eigenvalue weighted by atomic mass is 16.4. The van der Waals surface area contributed by atoms with Crippen molar-refractivity contribution in [1.29, 1.82) is 0 Å². The molecule has 2 aromatic rings. The van der Waals surface area contributed by atoms with E-state index in [-0.39, 0.29) is 16.8 Å². The van der Waals surface area contributed by atoms with E-state index in [0.717, 1.165) is 23.2 Å². The number of nitrogens with one attached hydrogen (secondary N) is 1. The fourth-order valence-corrected chi connectivity index (χ4v) is 2.86. The second kappa shape index (κ2) is 4.98. The van der Waals surface area contributed by atoms with Crippen LogP contribution < -0.4 is 5.32 Å². The largest absolute Gasteiger partial charge is 0.478 e. The molecule has 2 N–H and O–H groups in total. The van der Waals surface area contributed by atoms with E-state index in [9.17, 15) is 9.59 Å². The van der Waals surface area contributed by atoms with E-state index >= 15 is 0 Å². The van der Waals surface area contributed by atoms with Crippen LogP contribution in [-0.4, -0.2) is 16.9 Å². The summed E-state index contributed by atoms with van der Waals surface area (Å²) in [6.07, 6.45) is 0.728. The lowest BCUT2D eigenvalue weighted by Crippen LogP contribution is -2.18. The summed E-state index contributed by atoms with van der Waals surface area (Å²) in [5.41, 5.74) is 3.28. The summed E-state index contributed by atoms with van der Waals surface area (Å²) >= 11 is 0. The second-order valence-electron chi connectivity index (χ2n) is 6.27. The lowest BCUT2D eigenvalue weighted by molar-refractivity contribution is 0.0696. The highest BCUT2D eigenvalue weighted by Gasteiger charge is 2.37. The van der Waals surface area contributed by atoms with Crippen molar-refractivity contribution in [3.63, 3.8) is 0 Å². The molecule has 22 heavy (non-hydrogen) atoms. The summed E-state index contributed by atoms with van der Waals surface area (Å²) in [4.78, 5) is 23.2. The maximum Gasteiger partial charge on any atom is 0.335 e. The molecule has 4 heteroatoms. The van der Waals surface area contributed by atoms with Crippen LogP contribution in [0.1, 0.15) is 40.1 Å². The third kappa shape index (κ3) is 2.48. The molecule has 2 aromatic carbocycles. The Morgan fingerprint density at radius 2 is 1.86 bits per heavy atom. The van der Waals surface area contributed by atoms with Crippen LogP contribution in [0.3, 0.4) is 0 Å². The molecule has 0 heterocycles. The normalized spacial score (nSPS) is 15.5. The van der Waals surface area contributed by atoms with Crippen molar-refractivity contribution < 1.29 is 14.7 Å². The molecule has 0 saturated carbocycles. The molecule has 4 nitrogen and oxygen atoms in total. The van der Waals surface area contributed by atoms with Gasteiger partial charge in [0.2, 0.25) is 0 Å². The van der Waals surface area contributed by atoms with Gasteiger partial charge in [-0.1, -0.05) is 19.9 Å². The van der Waals surface area contributed by atoms with Crippen LogP contribution in [0.25, 0.3) is 0 Å². The summed E-state index contributed by atoms with van der Waals surface area (Å²) in [5.74, 6) is -0.771. The fourth-order valence-electron chi connectivity index (χ4n) is 2.86. The number of rotatable bonds is 3. The van der Waals surface area contributed by atoms with Crippen LogP contribution in [0.2, 0.25) is 0 Å². The first-order valence-corrected chi connectivity index (χ1v) is 7.15. The van der Waals surface area contributed by atoms with Gasteiger partial charge in [-0.3, -0.25) is 4.79 Å². The number of carbonyl (C=O) groups excluding carboxylic acids is 1. The summed E-state index contributed by atoms with van der Waals surface area (Å²) in [6, 6.07) is 12.3. The minimum Gasteiger partial charge on any atom is -0.478 e. The molecule has 3 rings (SSSR count). The average molecular weight is 295 g/mol. The third-order valence-electron chi connectivity index (χ3n) is 4.00. The summed E-state index contributed by atoms with van der Waals surface area (Å²) < 4.78 is 0. The number of Topliss-reactive ketones (excluding diaryl/α,β-unsaturated/α-hetero) is 1. The molecule has 0 spiro atoms. The number of fused-ring (bicyclic) bond motifs is 1. The number of anilines is 2. The maximum atomic E-state index is 12.2. The van der Waals surface area contributed by atoms with Crippen LogP contribution in [0.15, 0.2) is 42.5 Å². The summed E-state index contributed by atoms with van der Waals surface area (Å²) in [5, 5.41) is 12.2. The lowest BCUT2D eigenvalue weighted by atomic mass is 9.89. The Morgan fingerprint density at radius 1 is 1.14 bits per heavy atom. The van der Waals surface area contributed by atoms with Crippen molar-refractivity contribution >= 4 is 23.1 Å². The molecule has 0 aliphatic heterocycles. The average Bonchev–Trinajstić information content (AvgIpc) is 2.69. The van der Waals surface area contributed by atoms with Gasteiger partial charge in [-0.15, -0.1) is 0 Å². The minimum absolute atomic E-state index is 0.182. The highest BCUT2D eigenvalue weighted by molar-refractivity contribution is 6.04. The number of carboxylic acid groups (broad SMARTS) is 1. The van der Waals surface area contributed by atoms with Crippen LogP contribution in [-0.2, 0) is 6.42 Å². The smallest absolute Gasteiger partial charge is 0.335 e. The van der Waals surface area contributed by atoms with Gasteiger partial charge in [0.1, 0.15) is 0 Å². The second-order valence-corrected chi connectivity index (χ2v) is 6.27. The quantitative estimate of drug-likeness (QED) is 0.901. The van der Waals surface area contributed by atoms with Crippen molar-refractivity contribution in [3.05, 3.63) is 59.2 Å². The van der Waals surface area contributed by atoms with E-state index in [1.54, 1.807) is 18.2 Å². The Bertz CT molecular complexity index is 778. The molecule has 0 amide bonds. The molecular formula is C18H17NO3. The molecule has 0 fully saturated rings. The van der Waals surface area contributed by atoms with Gasteiger partial charge >= 0.3 is 5.97 Å². The molecule has 0 aromatic heterocycles. The van der Waals surface area contributed by atoms with Crippen molar-refractivity contribution in [2.45, 2.75) is 20.3 Å². The van der Waals surface area contributed by atoms with Crippen molar-refractivity contribution in [2.24, 2.45) is 5.41 Å². The van der Waals surface area contributed by atoms with E-state index in [2.05, 4.69) is 5.32 Å². The van der Waals surface area contributed by atoms with Crippen molar-refractivity contribution in [2.75, 3.05) is 5.32 Å². The number of benzene rings is 2. The molecule has 0 unspecified atom stereocenters. The molecule has 1 aliphatic rings. The number of hydrogen-bond donors (Lipinski definition) is 2. The topological polar surface area (TPSA) is 66.4 Å².